The maximum Gasteiger partial charge on any atom is 0.00693 e. The smallest absolute Gasteiger partial charge is 0.00693 e. The molecule has 0 aromatic rings. The topological polar surface area (TPSA) is 12.0 Å². The van der Waals surface area contributed by atoms with Gasteiger partial charge < -0.3 is 5.32 Å². The lowest BCUT2D eigenvalue weighted by Gasteiger charge is -2.22. The van der Waals surface area contributed by atoms with Crippen molar-refractivity contribution in [3.63, 3.8) is 0 Å². The molecule has 16 heavy (non-hydrogen) atoms. The quantitative estimate of drug-likeness (QED) is 0.495. The van der Waals surface area contributed by atoms with E-state index in [-0.39, 0.29) is 0 Å². The van der Waals surface area contributed by atoms with Gasteiger partial charge in [0.2, 0.25) is 0 Å². The fraction of sp³-hybridized carbons (Fsp3) is 1.00. The summed E-state index contributed by atoms with van der Waals surface area (Å²) in [6.45, 7) is 9.21. The van der Waals surface area contributed by atoms with Gasteiger partial charge in [-0.05, 0) is 26.2 Å². The average Bonchev–Trinajstić information content (AvgIpc) is 2.25. The van der Waals surface area contributed by atoms with E-state index in [0.717, 1.165) is 6.04 Å². The molecule has 0 saturated carbocycles. The van der Waals surface area contributed by atoms with Gasteiger partial charge in [0, 0.05) is 12.1 Å². The fourth-order valence-corrected chi connectivity index (χ4v) is 2.37. The molecule has 0 aliphatic carbocycles. The van der Waals surface area contributed by atoms with Gasteiger partial charge in [-0.2, -0.15) is 0 Å². The van der Waals surface area contributed by atoms with Crippen molar-refractivity contribution in [2.24, 2.45) is 0 Å². The summed E-state index contributed by atoms with van der Waals surface area (Å²) >= 11 is 0. The highest BCUT2D eigenvalue weighted by Crippen LogP contribution is 2.09. The summed E-state index contributed by atoms with van der Waals surface area (Å²) in [6.07, 6.45) is 12.2. The maximum atomic E-state index is 3.80. The van der Waals surface area contributed by atoms with Crippen LogP contribution in [0.15, 0.2) is 0 Å². The lowest BCUT2D eigenvalue weighted by molar-refractivity contribution is 0.376. The van der Waals surface area contributed by atoms with Gasteiger partial charge in [-0.25, -0.2) is 0 Å². The number of unbranched alkanes of at least 4 members (excludes halogenated alkanes) is 3. The Kier molecular flexibility index (Phi) is 11.4. The van der Waals surface area contributed by atoms with Crippen LogP contribution >= 0.6 is 0 Å². The van der Waals surface area contributed by atoms with Crippen LogP contribution in [-0.2, 0) is 0 Å². The first-order valence-electron chi connectivity index (χ1n) is 7.50. The third-order valence-corrected chi connectivity index (χ3v) is 3.29. The van der Waals surface area contributed by atoms with E-state index in [4.69, 9.17) is 0 Å². The van der Waals surface area contributed by atoms with Gasteiger partial charge in [0.1, 0.15) is 0 Å². The highest BCUT2D eigenvalue weighted by molar-refractivity contribution is 4.70. The molecule has 0 radical (unpaired) electrons. The molecule has 98 valence electrons. The third kappa shape index (κ3) is 9.21. The number of hydrogen-bond acceptors (Lipinski definition) is 1. The summed E-state index contributed by atoms with van der Waals surface area (Å²) in [5.74, 6) is 0. The van der Waals surface area contributed by atoms with Crippen LogP contribution in [-0.4, -0.2) is 12.1 Å². The van der Waals surface area contributed by atoms with E-state index in [2.05, 4.69) is 33.0 Å². The molecule has 0 bridgehead atoms. The number of rotatable bonds is 11. The largest absolute Gasteiger partial charge is 0.312 e. The lowest BCUT2D eigenvalue weighted by atomic mass is 10.0. The van der Waals surface area contributed by atoms with E-state index in [0.29, 0.717) is 6.04 Å². The molecule has 1 atom stereocenters. The predicted octanol–water partition coefficient (Wildman–Crippen LogP) is 4.90. The Morgan fingerprint density at radius 1 is 0.750 bits per heavy atom. The van der Waals surface area contributed by atoms with Gasteiger partial charge in [0.15, 0.2) is 0 Å². The Morgan fingerprint density at radius 3 is 1.88 bits per heavy atom. The predicted molar refractivity (Wildman–Crippen MR) is 75.0 cm³/mol. The van der Waals surface area contributed by atoms with Crippen molar-refractivity contribution in [2.75, 3.05) is 0 Å². The minimum atomic E-state index is 0.708. The van der Waals surface area contributed by atoms with E-state index in [1.54, 1.807) is 0 Å². The summed E-state index contributed by atoms with van der Waals surface area (Å²) in [7, 11) is 0. The van der Waals surface area contributed by atoms with Gasteiger partial charge in [-0.1, -0.05) is 59.3 Å². The molecule has 1 heteroatoms. The minimum absolute atomic E-state index is 0.708. The number of nitrogens with one attached hydrogen (secondary N) is 1. The van der Waals surface area contributed by atoms with Crippen molar-refractivity contribution in [3.8, 4) is 0 Å². The monoisotopic (exact) mass is 227 g/mol. The van der Waals surface area contributed by atoms with Gasteiger partial charge in [-0.3, -0.25) is 0 Å². The molecular formula is C15H33N. The highest BCUT2D eigenvalue weighted by atomic mass is 14.9. The minimum Gasteiger partial charge on any atom is -0.312 e. The van der Waals surface area contributed by atoms with E-state index in [1.807, 2.05) is 0 Å². The van der Waals surface area contributed by atoms with Crippen molar-refractivity contribution in [1.82, 2.24) is 5.32 Å². The Labute approximate surface area is 103 Å². The van der Waals surface area contributed by atoms with Crippen LogP contribution in [0.1, 0.15) is 85.5 Å². The van der Waals surface area contributed by atoms with E-state index in [1.165, 1.54) is 57.8 Å². The van der Waals surface area contributed by atoms with Crippen molar-refractivity contribution in [1.29, 1.82) is 0 Å². The Balaban J connectivity index is 3.59. The molecule has 1 N–H and O–H groups in total. The molecule has 1 nitrogen and oxygen atoms in total. The average molecular weight is 227 g/mol. The number of hydrogen-bond donors (Lipinski definition) is 1. The Bertz CT molecular complexity index is 127. The van der Waals surface area contributed by atoms with E-state index in [9.17, 15) is 0 Å². The molecule has 0 rings (SSSR count). The highest BCUT2D eigenvalue weighted by Gasteiger charge is 2.09. The Morgan fingerprint density at radius 2 is 1.38 bits per heavy atom. The van der Waals surface area contributed by atoms with E-state index >= 15 is 0 Å². The zero-order chi connectivity index (χ0) is 12.2. The SMILES string of the molecule is CCCCCCC(C)NC(CCC)CCC. The second-order valence-electron chi connectivity index (χ2n) is 5.19. The molecule has 0 aromatic carbocycles. The van der Waals surface area contributed by atoms with Crippen LogP contribution < -0.4 is 5.32 Å². The fourth-order valence-electron chi connectivity index (χ4n) is 2.37. The van der Waals surface area contributed by atoms with Crippen LogP contribution in [0.3, 0.4) is 0 Å². The molecule has 0 heterocycles. The molecule has 0 aliphatic rings. The second kappa shape index (κ2) is 11.4. The van der Waals surface area contributed by atoms with Gasteiger partial charge in [0.25, 0.3) is 0 Å². The summed E-state index contributed by atoms with van der Waals surface area (Å²) in [4.78, 5) is 0. The molecule has 0 amide bonds. The summed E-state index contributed by atoms with van der Waals surface area (Å²) in [6, 6.07) is 1.47. The van der Waals surface area contributed by atoms with Crippen LogP contribution in [0.5, 0.6) is 0 Å². The summed E-state index contributed by atoms with van der Waals surface area (Å²) in [5, 5.41) is 3.80. The van der Waals surface area contributed by atoms with Crippen LogP contribution in [0, 0.1) is 0 Å². The van der Waals surface area contributed by atoms with Crippen molar-refractivity contribution in [2.45, 2.75) is 97.6 Å². The standard InChI is InChI=1S/C15H33N/c1-5-8-9-10-13-14(4)16-15(11-6-2)12-7-3/h14-16H,5-13H2,1-4H3. The Hall–Kier alpha value is -0.0400. The summed E-state index contributed by atoms with van der Waals surface area (Å²) in [5.41, 5.74) is 0. The normalized spacial score (nSPS) is 13.3. The third-order valence-electron chi connectivity index (χ3n) is 3.29. The molecule has 0 aliphatic heterocycles. The van der Waals surface area contributed by atoms with Crippen LogP contribution in [0.2, 0.25) is 0 Å². The molecule has 0 spiro atoms. The molecule has 0 saturated heterocycles. The zero-order valence-corrected chi connectivity index (χ0v) is 12.0. The molecular weight excluding hydrogens is 194 g/mol. The van der Waals surface area contributed by atoms with Crippen molar-refractivity contribution < 1.29 is 0 Å². The van der Waals surface area contributed by atoms with Gasteiger partial charge >= 0.3 is 0 Å². The first kappa shape index (κ1) is 16.0. The summed E-state index contributed by atoms with van der Waals surface area (Å²) < 4.78 is 0. The van der Waals surface area contributed by atoms with Crippen LogP contribution in [0.4, 0.5) is 0 Å². The zero-order valence-electron chi connectivity index (χ0n) is 12.0. The maximum absolute atomic E-state index is 3.80. The van der Waals surface area contributed by atoms with Gasteiger partial charge in [0.05, 0.1) is 0 Å². The van der Waals surface area contributed by atoms with Crippen LogP contribution in [0.25, 0.3) is 0 Å². The van der Waals surface area contributed by atoms with Gasteiger partial charge in [-0.15, -0.1) is 0 Å². The molecule has 1 unspecified atom stereocenters. The first-order chi connectivity index (χ1) is 7.74. The molecule has 0 aromatic heterocycles. The molecule has 0 fully saturated rings. The van der Waals surface area contributed by atoms with Crippen molar-refractivity contribution in [3.05, 3.63) is 0 Å². The first-order valence-corrected chi connectivity index (χ1v) is 7.50. The van der Waals surface area contributed by atoms with E-state index < -0.39 is 0 Å². The van der Waals surface area contributed by atoms with Crippen molar-refractivity contribution >= 4 is 0 Å². The second-order valence-corrected chi connectivity index (χ2v) is 5.19. The lowest BCUT2D eigenvalue weighted by Crippen LogP contribution is -2.36.